The van der Waals surface area contributed by atoms with E-state index in [9.17, 15) is 4.79 Å². The van der Waals surface area contributed by atoms with Gasteiger partial charge < -0.3 is 21.3 Å². The molecule has 1 aliphatic rings. The number of hydrogen-bond acceptors (Lipinski definition) is 7. The van der Waals surface area contributed by atoms with Crippen LogP contribution in [0, 0.1) is 0 Å². The molecular formula is C28H39N7O. The van der Waals surface area contributed by atoms with Crippen molar-refractivity contribution in [2.24, 2.45) is 0 Å². The number of rotatable bonds is 13. The van der Waals surface area contributed by atoms with Crippen LogP contribution >= 0.6 is 0 Å². The predicted octanol–water partition coefficient (Wildman–Crippen LogP) is 3.22. The fourth-order valence-corrected chi connectivity index (χ4v) is 4.53. The van der Waals surface area contributed by atoms with Gasteiger partial charge in [0.15, 0.2) is 5.65 Å². The lowest BCUT2D eigenvalue weighted by Crippen LogP contribution is -2.41. The van der Waals surface area contributed by atoms with Gasteiger partial charge in [0.1, 0.15) is 0 Å². The molecule has 8 heteroatoms. The number of hydrogen-bond donors (Lipinski definition) is 4. The summed E-state index contributed by atoms with van der Waals surface area (Å²) < 4.78 is 0. The average Bonchev–Trinajstić information content (AvgIpc) is 2.93. The summed E-state index contributed by atoms with van der Waals surface area (Å²) in [5.41, 5.74) is 3.58. The fourth-order valence-electron chi connectivity index (χ4n) is 4.53. The minimum absolute atomic E-state index is 0.0560. The van der Waals surface area contributed by atoms with E-state index in [1.165, 1.54) is 32.1 Å². The van der Waals surface area contributed by atoms with E-state index in [-0.39, 0.29) is 11.9 Å². The zero-order valence-electron chi connectivity index (χ0n) is 21.3. The van der Waals surface area contributed by atoms with E-state index in [1.54, 1.807) is 12.4 Å². The molecule has 0 aromatic carbocycles. The molecule has 1 aliphatic carbocycles. The Balaban J connectivity index is 1.16. The van der Waals surface area contributed by atoms with Crippen molar-refractivity contribution in [3.63, 3.8) is 0 Å². The first-order valence-corrected chi connectivity index (χ1v) is 13.3. The highest BCUT2D eigenvalue weighted by molar-refractivity contribution is 5.81. The van der Waals surface area contributed by atoms with Crippen molar-refractivity contribution in [1.82, 2.24) is 36.2 Å². The first-order chi connectivity index (χ1) is 17.7. The Morgan fingerprint density at radius 2 is 1.89 bits per heavy atom. The molecule has 3 aromatic rings. The van der Waals surface area contributed by atoms with Crippen LogP contribution in [0.3, 0.4) is 0 Å². The number of carbonyl (C=O) groups excluding carboxylic acids is 1. The summed E-state index contributed by atoms with van der Waals surface area (Å²) in [5, 5.41) is 14.3. The average molecular weight is 490 g/mol. The molecule has 1 saturated carbocycles. The molecule has 0 radical (unpaired) electrons. The minimum atomic E-state index is -0.319. The zero-order chi connectivity index (χ0) is 25.0. The van der Waals surface area contributed by atoms with Crippen LogP contribution in [-0.4, -0.2) is 46.0 Å². The van der Waals surface area contributed by atoms with Crippen LogP contribution in [0.4, 0.5) is 0 Å². The largest absolute Gasteiger partial charge is 0.351 e. The predicted molar refractivity (Wildman–Crippen MR) is 143 cm³/mol. The van der Waals surface area contributed by atoms with Gasteiger partial charge in [-0.25, -0.2) is 9.97 Å². The summed E-state index contributed by atoms with van der Waals surface area (Å²) in [6.07, 6.45) is 11.5. The second-order valence-electron chi connectivity index (χ2n) is 9.65. The van der Waals surface area contributed by atoms with E-state index < -0.39 is 0 Å². The second kappa shape index (κ2) is 14.0. The third-order valence-corrected chi connectivity index (χ3v) is 6.71. The number of aromatic nitrogens is 3. The number of fused-ring (bicyclic) bond motifs is 1. The standard InChI is InChI=1S/C28H39N7O/c1-21(32-20-25-10-5-6-14-31-25)28(36)34-18-22-16-23-11-12-26(35-27(23)33-17-22)19-29-13-7-15-30-24-8-3-2-4-9-24/h5-6,10-12,14,16-17,21,24,29-30,32H,2-4,7-9,13,15,18-20H2,1H3,(H,34,36)/t21-/m0/s1. The maximum absolute atomic E-state index is 12.5. The summed E-state index contributed by atoms with van der Waals surface area (Å²) in [4.78, 5) is 25.9. The lowest BCUT2D eigenvalue weighted by Gasteiger charge is -2.22. The molecule has 0 bridgehead atoms. The first kappa shape index (κ1) is 26.1. The van der Waals surface area contributed by atoms with Gasteiger partial charge in [-0.05, 0) is 75.2 Å². The molecule has 0 spiro atoms. The second-order valence-corrected chi connectivity index (χ2v) is 9.65. The maximum atomic E-state index is 12.5. The van der Waals surface area contributed by atoms with Crippen molar-refractivity contribution >= 4 is 16.9 Å². The first-order valence-electron chi connectivity index (χ1n) is 13.3. The summed E-state index contributed by atoms with van der Waals surface area (Å²) in [6, 6.07) is 12.3. The molecule has 8 nitrogen and oxygen atoms in total. The highest BCUT2D eigenvalue weighted by Crippen LogP contribution is 2.17. The van der Waals surface area contributed by atoms with Gasteiger partial charge in [0.2, 0.25) is 5.91 Å². The van der Waals surface area contributed by atoms with Crippen LogP contribution in [0.25, 0.3) is 11.0 Å². The highest BCUT2D eigenvalue weighted by Gasteiger charge is 2.13. The fraction of sp³-hybridized carbons (Fsp3) is 0.500. The monoisotopic (exact) mass is 489 g/mol. The van der Waals surface area contributed by atoms with Gasteiger partial charge >= 0.3 is 0 Å². The quantitative estimate of drug-likeness (QED) is 0.273. The van der Waals surface area contributed by atoms with Crippen LogP contribution in [-0.2, 0) is 24.4 Å². The molecule has 3 heterocycles. The van der Waals surface area contributed by atoms with Crippen LogP contribution in [0.1, 0.15) is 62.4 Å². The Kier molecular flexibility index (Phi) is 10.1. The van der Waals surface area contributed by atoms with Crippen molar-refractivity contribution in [2.45, 2.75) is 77.2 Å². The van der Waals surface area contributed by atoms with Gasteiger partial charge in [0, 0.05) is 43.5 Å². The Morgan fingerprint density at radius 3 is 2.72 bits per heavy atom. The maximum Gasteiger partial charge on any atom is 0.237 e. The lowest BCUT2D eigenvalue weighted by molar-refractivity contribution is -0.122. The van der Waals surface area contributed by atoms with Crippen molar-refractivity contribution in [1.29, 1.82) is 0 Å². The molecule has 4 N–H and O–H groups in total. The van der Waals surface area contributed by atoms with E-state index >= 15 is 0 Å². The highest BCUT2D eigenvalue weighted by atomic mass is 16.2. The SMILES string of the molecule is C[C@H](NCc1ccccn1)C(=O)NCc1cnc2nc(CNCCCNC3CCCCC3)ccc2c1. The van der Waals surface area contributed by atoms with Crippen molar-refractivity contribution in [3.05, 3.63) is 65.7 Å². The molecular weight excluding hydrogens is 450 g/mol. The van der Waals surface area contributed by atoms with E-state index in [0.717, 1.165) is 60.1 Å². The molecule has 36 heavy (non-hydrogen) atoms. The Labute approximate surface area is 214 Å². The number of pyridine rings is 3. The molecule has 0 unspecified atom stereocenters. The van der Waals surface area contributed by atoms with Crippen LogP contribution < -0.4 is 21.3 Å². The van der Waals surface area contributed by atoms with E-state index in [1.807, 2.05) is 37.3 Å². The van der Waals surface area contributed by atoms with Crippen molar-refractivity contribution < 1.29 is 4.79 Å². The van der Waals surface area contributed by atoms with Gasteiger partial charge in [-0.3, -0.25) is 9.78 Å². The number of amides is 1. The van der Waals surface area contributed by atoms with E-state index in [4.69, 9.17) is 4.98 Å². The van der Waals surface area contributed by atoms with Gasteiger partial charge in [-0.2, -0.15) is 0 Å². The molecule has 3 aromatic heterocycles. The Hall–Kier alpha value is -2.94. The number of carbonyl (C=O) groups is 1. The van der Waals surface area contributed by atoms with Crippen molar-refractivity contribution in [3.8, 4) is 0 Å². The normalized spacial score (nSPS) is 15.1. The van der Waals surface area contributed by atoms with Crippen LogP contribution in [0.15, 0.2) is 48.8 Å². The number of nitrogens with one attached hydrogen (secondary N) is 4. The van der Waals surface area contributed by atoms with Crippen LogP contribution in [0.2, 0.25) is 0 Å². The molecule has 4 rings (SSSR count). The Bertz CT molecular complexity index is 1090. The van der Waals surface area contributed by atoms with Crippen molar-refractivity contribution in [2.75, 3.05) is 13.1 Å². The number of nitrogens with zero attached hydrogens (tertiary/aromatic N) is 3. The van der Waals surface area contributed by atoms with Crippen LogP contribution in [0.5, 0.6) is 0 Å². The molecule has 1 atom stereocenters. The summed E-state index contributed by atoms with van der Waals surface area (Å²) in [7, 11) is 0. The summed E-state index contributed by atoms with van der Waals surface area (Å²) >= 11 is 0. The van der Waals surface area contributed by atoms with Gasteiger partial charge in [0.25, 0.3) is 0 Å². The molecule has 1 amide bonds. The van der Waals surface area contributed by atoms with E-state index in [2.05, 4.69) is 37.3 Å². The molecule has 1 fully saturated rings. The molecule has 192 valence electrons. The summed E-state index contributed by atoms with van der Waals surface area (Å²) in [5.74, 6) is -0.0560. The smallest absolute Gasteiger partial charge is 0.237 e. The van der Waals surface area contributed by atoms with E-state index in [0.29, 0.717) is 13.1 Å². The minimum Gasteiger partial charge on any atom is -0.351 e. The molecule has 0 aliphatic heterocycles. The Morgan fingerprint density at radius 1 is 1.00 bits per heavy atom. The lowest BCUT2D eigenvalue weighted by atomic mass is 9.95. The van der Waals surface area contributed by atoms with Gasteiger partial charge in [0.05, 0.1) is 17.4 Å². The zero-order valence-corrected chi connectivity index (χ0v) is 21.3. The third kappa shape index (κ3) is 8.33. The van der Waals surface area contributed by atoms with Gasteiger partial charge in [-0.15, -0.1) is 0 Å². The summed E-state index contributed by atoms with van der Waals surface area (Å²) in [6.45, 7) is 5.61. The third-order valence-electron chi connectivity index (χ3n) is 6.71. The topological polar surface area (TPSA) is 104 Å². The van der Waals surface area contributed by atoms with Gasteiger partial charge in [-0.1, -0.05) is 25.3 Å². The molecule has 0 saturated heterocycles.